The largest absolute Gasteiger partial charge is 0.326 e. The SMILES string of the molecule is CC(=O)Nc1ccc2nc(SCc3cc(=O)n4nc(C)sc4n3)sc2c1. The molecule has 132 valence electrons. The van der Waals surface area contributed by atoms with Gasteiger partial charge in [0.25, 0.3) is 5.56 Å². The minimum atomic E-state index is -0.167. The number of thiazole rings is 1. The zero-order chi connectivity index (χ0) is 18.3. The van der Waals surface area contributed by atoms with Crippen molar-refractivity contribution in [2.24, 2.45) is 0 Å². The Labute approximate surface area is 160 Å². The van der Waals surface area contributed by atoms with E-state index in [1.54, 1.807) is 11.3 Å². The van der Waals surface area contributed by atoms with Gasteiger partial charge in [-0.05, 0) is 25.1 Å². The molecule has 7 nitrogen and oxygen atoms in total. The van der Waals surface area contributed by atoms with Gasteiger partial charge in [-0.2, -0.15) is 9.61 Å². The van der Waals surface area contributed by atoms with Crippen LogP contribution in [-0.2, 0) is 10.5 Å². The van der Waals surface area contributed by atoms with Gasteiger partial charge in [-0.25, -0.2) is 9.97 Å². The second kappa shape index (κ2) is 6.78. The maximum atomic E-state index is 12.1. The molecule has 3 heterocycles. The Hall–Kier alpha value is -2.30. The summed E-state index contributed by atoms with van der Waals surface area (Å²) in [4.78, 5) is 33.0. The topological polar surface area (TPSA) is 89.2 Å². The van der Waals surface area contributed by atoms with E-state index >= 15 is 0 Å². The van der Waals surface area contributed by atoms with Gasteiger partial charge in [0.05, 0.1) is 15.9 Å². The number of carbonyl (C=O) groups is 1. The Morgan fingerprint density at radius 2 is 2.12 bits per heavy atom. The molecule has 0 atom stereocenters. The highest BCUT2D eigenvalue weighted by Crippen LogP contribution is 2.32. The van der Waals surface area contributed by atoms with Crippen LogP contribution in [0.1, 0.15) is 17.6 Å². The number of hydrogen-bond donors (Lipinski definition) is 1. The van der Waals surface area contributed by atoms with Crippen molar-refractivity contribution in [3.63, 3.8) is 0 Å². The zero-order valence-corrected chi connectivity index (χ0v) is 16.3. The number of benzene rings is 1. The van der Waals surface area contributed by atoms with Crippen LogP contribution in [0.5, 0.6) is 0 Å². The number of carbonyl (C=O) groups excluding carboxylic acids is 1. The number of fused-ring (bicyclic) bond motifs is 2. The van der Waals surface area contributed by atoms with Crippen molar-refractivity contribution in [1.29, 1.82) is 0 Å². The molecule has 0 spiro atoms. The maximum Gasteiger partial charge on any atom is 0.275 e. The summed E-state index contributed by atoms with van der Waals surface area (Å²) in [6, 6.07) is 7.15. The maximum absolute atomic E-state index is 12.1. The van der Waals surface area contributed by atoms with Crippen LogP contribution < -0.4 is 10.9 Å². The second-order valence-corrected chi connectivity index (χ2v) is 8.95. The second-order valence-electron chi connectivity index (χ2n) is 5.53. The van der Waals surface area contributed by atoms with Crippen molar-refractivity contribution in [1.82, 2.24) is 19.6 Å². The van der Waals surface area contributed by atoms with Crippen molar-refractivity contribution < 1.29 is 4.79 Å². The predicted molar refractivity (Wildman–Crippen MR) is 105 cm³/mol. The van der Waals surface area contributed by atoms with Crippen molar-refractivity contribution >= 4 is 61.2 Å². The van der Waals surface area contributed by atoms with Gasteiger partial charge in [0.15, 0.2) is 4.34 Å². The smallest absolute Gasteiger partial charge is 0.275 e. The van der Waals surface area contributed by atoms with Crippen LogP contribution >= 0.6 is 34.4 Å². The normalized spacial score (nSPS) is 11.3. The number of aryl methyl sites for hydroxylation is 1. The lowest BCUT2D eigenvalue weighted by Gasteiger charge is -1.99. The number of nitrogens with one attached hydrogen (secondary N) is 1. The van der Waals surface area contributed by atoms with Gasteiger partial charge in [0.2, 0.25) is 10.9 Å². The van der Waals surface area contributed by atoms with Crippen molar-refractivity contribution in [2.45, 2.75) is 23.9 Å². The zero-order valence-electron chi connectivity index (χ0n) is 13.8. The molecule has 1 aromatic carbocycles. The lowest BCUT2D eigenvalue weighted by Crippen LogP contribution is -2.15. The first-order chi connectivity index (χ1) is 12.5. The fourth-order valence-corrected chi connectivity index (χ4v) is 5.17. The first-order valence-electron chi connectivity index (χ1n) is 7.65. The molecule has 0 fully saturated rings. The first-order valence-corrected chi connectivity index (χ1v) is 10.3. The van der Waals surface area contributed by atoms with Gasteiger partial charge in [-0.15, -0.1) is 11.3 Å². The van der Waals surface area contributed by atoms with Crippen LogP contribution in [0.25, 0.3) is 15.2 Å². The third-order valence-electron chi connectivity index (χ3n) is 3.43. The molecule has 0 aliphatic rings. The molecule has 4 rings (SSSR count). The molecule has 26 heavy (non-hydrogen) atoms. The number of amides is 1. The Kier molecular flexibility index (Phi) is 4.47. The summed E-state index contributed by atoms with van der Waals surface area (Å²) in [5, 5.41) is 7.72. The molecule has 10 heteroatoms. The van der Waals surface area contributed by atoms with E-state index in [1.807, 2.05) is 25.1 Å². The number of aromatic nitrogens is 4. The minimum absolute atomic E-state index is 0.102. The van der Waals surface area contributed by atoms with E-state index in [9.17, 15) is 9.59 Å². The monoisotopic (exact) mass is 403 g/mol. The summed E-state index contributed by atoms with van der Waals surface area (Å²) >= 11 is 4.48. The van der Waals surface area contributed by atoms with Crippen LogP contribution in [0.15, 0.2) is 33.4 Å². The van der Waals surface area contributed by atoms with E-state index in [-0.39, 0.29) is 11.5 Å². The van der Waals surface area contributed by atoms with E-state index < -0.39 is 0 Å². The highest BCUT2D eigenvalue weighted by Gasteiger charge is 2.10. The highest BCUT2D eigenvalue weighted by atomic mass is 32.2. The lowest BCUT2D eigenvalue weighted by atomic mass is 10.3. The molecule has 0 aliphatic heterocycles. The fourth-order valence-electron chi connectivity index (χ4n) is 2.41. The van der Waals surface area contributed by atoms with Crippen molar-refractivity contribution in [2.75, 3.05) is 5.32 Å². The molecular weight excluding hydrogens is 390 g/mol. The Balaban J connectivity index is 1.55. The molecule has 1 amide bonds. The molecule has 0 saturated heterocycles. The first kappa shape index (κ1) is 17.1. The third-order valence-corrected chi connectivity index (χ3v) is 6.45. The highest BCUT2D eigenvalue weighted by molar-refractivity contribution is 8.00. The molecule has 3 aromatic heterocycles. The lowest BCUT2D eigenvalue weighted by molar-refractivity contribution is -0.114. The number of anilines is 1. The van der Waals surface area contributed by atoms with E-state index in [0.717, 1.165) is 25.3 Å². The molecule has 0 unspecified atom stereocenters. The molecule has 0 bridgehead atoms. The van der Waals surface area contributed by atoms with Crippen LogP contribution in [-0.4, -0.2) is 25.5 Å². The predicted octanol–water partition coefficient (Wildman–Crippen LogP) is 3.32. The Morgan fingerprint density at radius 1 is 1.27 bits per heavy atom. The fraction of sp³-hybridized carbons (Fsp3) is 0.188. The quantitative estimate of drug-likeness (QED) is 0.526. The summed E-state index contributed by atoms with van der Waals surface area (Å²) in [5.74, 6) is 0.454. The van der Waals surface area contributed by atoms with Crippen LogP contribution in [0, 0.1) is 6.92 Å². The van der Waals surface area contributed by atoms with Gasteiger partial charge in [-0.3, -0.25) is 9.59 Å². The standard InChI is InChI=1S/C16H13N5O2S3/c1-8(22)17-10-3-4-12-13(5-10)26-16(19-12)24-7-11-6-14(23)21-15(18-11)25-9(2)20-21/h3-6H,7H2,1-2H3,(H,17,22). The number of rotatable bonds is 4. The molecular formula is C16H13N5O2S3. The molecule has 0 radical (unpaired) electrons. The van der Waals surface area contributed by atoms with Gasteiger partial charge >= 0.3 is 0 Å². The van der Waals surface area contributed by atoms with Gasteiger partial charge in [-0.1, -0.05) is 23.1 Å². The van der Waals surface area contributed by atoms with E-state index in [2.05, 4.69) is 20.4 Å². The van der Waals surface area contributed by atoms with Crippen LogP contribution in [0.2, 0.25) is 0 Å². The van der Waals surface area contributed by atoms with E-state index in [0.29, 0.717) is 16.4 Å². The van der Waals surface area contributed by atoms with Gasteiger partial charge < -0.3 is 5.32 Å². The number of hydrogen-bond acceptors (Lipinski definition) is 8. The summed E-state index contributed by atoms with van der Waals surface area (Å²) in [5.41, 5.74) is 2.18. The van der Waals surface area contributed by atoms with Gasteiger partial charge in [0, 0.05) is 24.4 Å². The average Bonchev–Trinajstić information content (AvgIpc) is 3.14. The number of nitrogens with zero attached hydrogens (tertiary/aromatic N) is 4. The molecule has 0 aliphatic carbocycles. The Morgan fingerprint density at radius 3 is 2.92 bits per heavy atom. The van der Waals surface area contributed by atoms with E-state index in [1.165, 1.54) is 40.6 Å². The van der Waals surface area contributed by atoms with Crippen LogP contribution in [0.3, 0.4) is 0 Å². The summed E-state index contributed by atoms with van der Waals surface area (Å²) in [6.45, 7) is 3.33. The minimum Gasteiger partial charge on any atom is -0.326 e. The van der Waals surface area contributed by atoms with E-state index in [4.69, 9.17) is 0 Å². The summed E-state index contributed by atoms with van der Waals surface area (Å²) in [7, 11) is 0. The number of thioether (sulfide) groups is 1. The van der Waals surface area contributed by atoms with Crippen molar-refractivity contribution in [3.8, 4) is 0 Å². The average molecular weight is 404 g/mol. The Bertz CT molecular complexity index is 1190. The summed E-state index contributed by atoms with van der Waals surface area (Å²) < 4.78 is 3.22. The molecule has 0 saturated carbocycles. The summed E-state index contributed by atoms with van der Waals surface area (Å²) in [6.07, 6.45) is 0. The third kappa shape index (κ3) is 3.48. The van der Waals surface area contributed by atoms with Gasteiger partial charge in [0.1, 0.15) is 5.01 Å². The molecule has 4 aromatic rings. The molecule has 1 N–H and O–H groups in total. The van der Waals surface area contributed by atoms with Crippen molar-refractivity contribution in [3.05, 3.63) is 45.3 Å². The van der Waals surface area contributed by atoms with Crippen LogP contribution in [0.4, 0.5) is 5.69 Å².